The minimum Gasteiger partial charge on any atom is -0.467 e. The zero-order valence-corrected chi connectivity index (χ0v) is 21.7. The van der Waals surface area contributed by atoms with E-state index in [4.69, 9.17) is 21.1 Å². The summed E-state index contributed by atoms with van der Waals surface area (Å²) in [5.41, 5.74) is 2.17. The summed E-state index contributed by atoms with van der Waals surface area (Å²) < 4.78 is 11.1. The van der Waals surface area contributed by atoms with Crippen LogP contribution >= 0.6 is 12.2 Å². The van der Waals surface area contributed by atoms with Crippen molar-refractivity contribution in [2.45, 2.75) is 38.8 Å². The minimum atomic E-state index is -0.125. The van der Waals surface area contributed by atoms with Gasteiger partial charge in [-0.05, 0) is 36.1 Å². The molecule has 38 heavy (non-hydrogen) atoms. The molecule has 0 atom stereocenters. The van der Waals surface area contributed by atoms with Crippen molar-refractivity contribution in [1.29, 1.82) is 0 Å². The summed E-state index contributed by atoms with van der Waals surface area (Å²) in [7, 11) is 0. The fraction of sp³-hybridized carbons (Fsp3) is 0.200. The molecule has 2 heterocycles. The largest absolute Gasteiger partial charge is 0.467 e. The van der Waals surface area contributed by atoms with Gasteiger partial charge in [-0.2, -0.15) is 0 Å². The molecule has 2 aromatic heterocycles. The lowest BCUT2D eigenvalue weighted by Crippen LogP contribution is -2.23. The van der Waals surface area contributed by atoms with Crippen molar-refractivity contribution in [3.63, 3.8) is 0 Å². The Morgan fingerprint density at radius 1 is 0.658 bits per heavy atom. The second-order valence-electron chi connectivity index (χ2n) is 8.39. The van der Waals surface area contributed by atoms with Gasteiger partial charge >= 0.3 is 0 Å². The smallest absolute Gasteiger partial charge is 0.220 e. The van der Waals surface area contributed by atoms with E-state index in [-0.39, 0.29) is 23.8 Å². The van der Waals surface area contributed by atoms with Gasteiger partial charge in [0.25, 0.3) is 0 Å². The van der Waals surface area contributed by atoms with Gasteiger partial charge in [-0.15, -0.1) is 0 Å². The number of nitrogens with one attached hydrogen (secondary N) is 2. The van der Waals surface area contributed by atoms with Crippen LogP contribution in [0.1, 0.15) is 35.5 Å². The molecule has 0 spiro atoms. The number of hydrogen-bond donors (Lipinski definition) is 2. The molecule has 0 aliphatic carbocycles. The highest BCUT2D eigenvalue weighted by molar-refractivity contribution is 7.71. The SMILES string of the molecule is O=C(CCc1ccccc1)NCc1cc(=O)cco1.O=C(CCc1ccccc1)NCc1cc(=S)cco1. The predicted octanol–water partition coefficient (Wildman–Crippen LogP) is 5.15. The van der Waals surface area contributed by atoms with E-state index in [9.17, 15) is 14.4 Å². The van der Waals surface area contributed by atoms with Crippen molar-refractivity contribution >= 4 is 24.0 Å². The van der Waals surface area contributed by atoms with Gasteiger partial charge in [0.15, 0.2) is 5.43 Å². The molecule has 0 saturated heterocycles. The molecule has 2 amide bonds. The van der Waals surface area contributed by atoms with E-state index in [1.54, 1.807) is 12.1 Å². The molecule has 0 fully saturated rings. The van der Waals surface area contributed by atoms with Crippen molar-refractivity contribution < 1.29 is 18.4 Å². The molecule has 0 aliphatic heterocycles. The third-order valence-corrected chi connectivity index (χ3v) is 5.65. The molecule has 0 saturated carbocycles. The maximum atomic E-state index is 11.7. The van der Waals surface area contributed by atoms with Gasteiger partial charge in [0.1, 0.15) is 11.5 Å². The van der Waals surface area contributed by atoms with Crippen molar-refractivity contribution in [2.75, 3.05) is 0 Å². The van der Waals surface area contributed by atoms with Crippen LogP contribution in [0, 0.1) is 4.51 Å². The maximum Gasteiger partial charge on any atom is 0.220 e. The highest BCUT2D eigenvalue weighted by Gasteiger charge is 2.04. The Labute approximate surface area is 226 Å². The van der Waals surface area contributed by atoms with E-state index in [0.717, 1.165) is 17.5 Å². The van der Waals surface area contributed by atoms with Gasteiger partial charge in [0.05, 0.1) is 25.6 Å². The van der Waals surface area contributed by atoms with Crippen LogP contribution in [-0.2, 0) is 35.5 Å². The van der Waals surface area contributed by atoms with E-state index >= 15 is 0 Å². The van der Waals surface area contributed by atoms with Crippen molar-refractivity contribution in [2.24, 2.45) is 0 Å². The van der Waals surface area contributed by atoms with Gasteiger partial charge < -0.3 is 19.5 Å². The Morgan fingerprint density at radius 2 is 1.13 bits per heavy atom. The fourth-order valence-corrected chi connectivity index (χ4v) is 3.58. The molecular formula is C30H30N2O5S. The monoisotopic (exact) mass is 530 g/mol. The molecule has 8 heteroatoms. The highest BCUT2D eigenvalue weighted by atomic mass is 32.1. The highest BCUT2D eigenvalue weighted by Crippen LogP contribution is 2.04. The van der Waals surface area contributed by atoms with Crippen LogP contribution < -0.4 is 16.1 Å². The molecule has 2 N–H and O–H groups in total. The first-order valence-electron chi connectivity index (χ1n) is 12.2. The molecular weight excluding hydrogens is 500 g/mol. The lowest BCUT2D eigenvalue weighted by Gasteiger charge is -2.04. The Kier molecular flexibility index (Phi) is 11.7. The molecule has 0 radical (unpaired) electrons. The number of carbonyl (C=O) groups is 2. The molecule has 7 nitrogen and oxygen atoms in total. The van der Waals surface area contributed by atoms with Crippen LogP contribution in [-0.4, -0.2) is 11.8 Å². The fourth-order valence-electron chi connectivity index (χ4n) is 3.40. The second kappa shape index (κ2) is 15.7. The normalized spacial score (nSPS) is 10.1. The van der Waals surface area contributed by atoms with Crippen LogP contribution in [0.2, 0.25) is 0 Å². The summed E-state index contributed by atoms with van der Waals surface area (Å²) in [6, 6.07) is 25.9. The van der Waals surface area contributed by atoms with Crippen molar-refractivity contribution in [1.82, 2.24) is 10.6 Å². The third kappa shape index (κ3) is 11.2. The average molecular weight is 531 g/mol. The minimum absolute atomic E-state index is 0.00817. The summed E-state index contributed by atoms with van der Waals surface area (Å²) in [5, 5.41) is 5.54. The summed E-state index contributed by atoms with van der Waals surface area (Å²) in [4.78, 5) is 34.4. The van der Waals surface area contributed by atoms with Crippen LogP contribution in [0.4, 0.5) is 0 Å². The van der Waals surface area contributed by atoms with E-state index in [2.05, 4.69) is 10.6 Å². The summed E-state index contributed by atoms with van der Waals surface area (Å²) in [5.74, 6) is 1.07. The lowest BCUT2D eigenvalue weighted by atomic mass is 10.1. The number of hydrogen-bond acceptors (Lipinski definition) is 6. The number of aryl methyl sites for hydroxylation is 2. The van der Waals surface area contributed by atoms with Crippen molar-refractivity contribution in [3.05, 3.63) is 135 Å². The predicted molar refractivity (Wildman–Crippen MR) is 148 cm³/mol. The Morgan fingerprint density at radius 3 is 1.61 bits per heavy atom. The summed E-state index contributed by atoms with van der Waals surface area (Å²) in [6.07, 6.45) is 5.19. The van der Waals surface area contributed by atoms with Crippen LogP contribution in [0.5, 0.6) is 0 Å². The van der Waals surface area contributed by atoms with Gasteiger partial charge in [-0.3, -0.25) is 14.4 Å². The first-order chi connectivity index (χ1) is 18.5. The Bertz CT molecular complexity index is 1290. The van der Waals surface area contributed by atoms with E-state index < -0.39 is 0 Å². The summed E-state index contributed by atoms with van der Waals surface area (Å²) in [6.45, 7) is 0.613. The molecule has 196 valence electrons. The van der Waals surface area contributed by atoms with Gasteiger partial charge in [0.2, 0.25) is 11.8 Å². The van der Waals surface area contributed by atoms with Gasteiger partial charge in [-0.1, -0.05) is 72.9 Å². The zero-order valence-electron chi connectivity index (χ0n) is 20.9. The maximum absolute atomic E-state index is 11.7. The number of benzene rings is 2. The van der Waals surface area contributed by atoms with E-state index in [1.165, 1.54) is 24.7 Å². The number of carbonyl (C=O) groups excluding carboxylic acids is 2. The Hall–Kier alpha value is -4.30. The molecule has 2 aromatic carbocycles. The quantitative estimate of drug-likeness (QED) is 0.275. The van der Waals surface area contributed by atoms with E-state index in [0.29, 0.717) is 41.8 Å². The molecule has 0 bridgehead atoms. The van der Waals surface area contributed by atoms with Crippen LogP contribution in [0.3, 0.4) is 0 Å². The first-order valence-corrected chi connectivity index (χ1v) is 12.7. The Balaban J connectivity index is 0.000000211. The molecule has 0 aliphatic rings. The van der Waals surface area contributed by atoms with E-state index in [1.807, 2.05) is 60.7 Å². The van der Waals surface area contributed by atoms with Gasteiger partial charge in [0, 0.05) is 29.5 Å². The molecule has 4 aromatic rings. The van der Waals surface area contributed by atoms with Crippen molar-refractivity contribution in [3.8, 4) is 0 Å². The molecule has 4 rings (SSSR count). The number of rotatable bonds is 10. The number of amides is 2. The van der Waals surface area contributed by atoms with Crippen LogP contribution in [0.15, 0.2) is 111 Å². The second-order valence-corrected chi connectivity index (χ2v) is 8.86. The zero-order chi connectivity index (χ0) is 27.0. The topological polar surface area (TPSA) is 102 Å². The lowest BCUT2D eigenvalue weighted by molar-refractivity contribution is -0.122. The standard InChI is InChI=1S/C15H15NO3.C15H15NO2S/c17-13-8-9-19-14(10-13)11-16-15(18)7-6-12-4-2-1-3-5-12;17-15(7-6-12-4-2-1-3-5-12)16-11-13-10-14(19)8-9-18-13/h1-5,8-10H,6-7,11H2,(H,16,18);1-5,8-10H,6-7,11H2,(H,16,17). The van der Waals surface area contributed by atoms with Gasteiger partial charge in [-0.25, -0.2) is 0 Å². The average Bonchev–Trinajstić information content (AvgIpc) is 2.94. The molecule has 0 unspecified atom stereocenters. The van der Waals surface area contributed by atoms with Crippen LogP contribution in [0.25, 0.3) is 0 Å². The third-order valence-electron chi connectivity index (χ3n) is 5.40. The first kappa shape index (κ1) is 28.3. The summed E-state index contributed by atoms with van der Waals surface area (Å²) >= 11 is 5.02.